The zero-order valence-corrected chi connectivity index (χ0v) is 19.5. The number of fused-ring (bicyclic) bond motifs is 2. The van der Waals surface area contributed by atoms with Crippen LogP contribution in [0, 0.1) is 0 Å². The molecule has 0 unspecified atom stereocenters. The molecule has 0 saturated carbocycles. The molecular formula is C24H22N4O6S. The maximum absolute atomic E-state index is 13.1. The number of sulfonamides is 1. The van der Waals surface area contributed by atoms with Crippen molar-refractivity contribution in [1.82, 2.24) is 14.9 Å². The van der Waals surface area contributed by atoms with Crippen LogP contribution < -0.4 is 19.9 Å². The molecular weight excluding hydrogens is 472 g/mol. The van der Waals surface area contributed by atoms with Crippen LogP contribution in [0.1, 0.15) is 22.8 Å². The SMILES string of the molecule is CCN(Cc1ccc2c(c1)OCO2)C(=O)c1ccc(NS(=O)(=O)c2ccc3[nH]c(=O)[nH]c3c2)cc1. The van der Waals surface area contributed by atoms with Crippen LogP contribution in [0.3, 0.4) is 0 Å². The third-order valence-corrected chi connectivity index (χ3v) is 7.04. The van der Waals surface area contributed by atoms with E-state index in [1.165, 1.54) is 30.3 Å². The van der Waals surface area contributed by atoms with E-state index in [0.29, 0.717) is 46.9 Å². The van der Waals surface area contributed by atoms with Crippen molar-refractivity contribution in [2.45, 2.75) is 18.4 Å². The average Bonchev–Trinajstić information content (AvgIpc) is 3.46. The van der Waals surface area contributed by atoms with Crippen LogP contribution >= 0.6 is 0 Å². The molecule has 2 heterocycles. The van der Waals surface area contributed by atoms with Gasteiger partial charge in [0.15, 0.2) is 11.5 Å². The molecule has 0 spiro atoms. The molecule has 0 radical (unpaired) electrons. The summed E-state index contributed by atoms with van der Waals surface area (Å²) in [5.41, 5.74) is 2.14. The Morgan fingerprint density at radius 3 is 2.49 bits per heavy atom. The fourth-order valence-electron chi connectivity index (χ4n) is 3.84. The summed E-state index contributed by atoms with van der Waals surface area (Å²) in [5, 5.41) is 0. The summed E-state index contributed by atoms with van der Waals surface area (Å²) < 4.78 is 38.8. The maximum Gasteiger partial charge on any atom is 0.323 e. The summed E-state index contributed by atoms with van der Waals surface area (Å²) in [5.74, 6) is 1.16. The van der Waals surface area contributed by atoms with Crippen LogP contribution in [0.25, 0.3) is 11.0 Å². The van der Waals surface area contributed by atoms with Gasteiger partial charge in [-0.1, -0.05) is 6.07 Å². The van der Waals surface area contributed by atoms with Crippen molar-refractivity contribution in [3.63, 3.8) is 0 Å². The third-order valence-electron chi connectivity index (χ3n) is 5.66. The summed E-state index contributed by atoms with van der Waals surface area (Å²) in [7, 11) is -3.90. The number of nitrogens with one attached hydrogen (secondary N) is 3. The van der Waals surface area contributed by atoms with Gasteiger partial charge in [0.2, 0.25) is 6.79 Å². The summed E-state index contributed by atoms with van der Waals surface area (Å²) in [6, 6.07) is 16.1. The molecule has 0 fully saturated rings. The Morgan fingerprint density at radius 2 is 1.71 bits per heavy atom. The number of amides is 1. The van der Waals surface area contributed by atoms with Gasteiger partial charge in [0, 0.05) is 24.3 Å². The molecule has 1 aliphatic heterocycles. The maximum atomic E-state index is 13.1. The number of carbonyl (C=O) groups is 1. The Morgan fingerprint density at radius 1 is 0.971 bits per heavy atom. The zero-order chi connectivity index (χ0) is 24.6. The predicted octanol–water partition coefficient (Wildman–Crippen LogP) is 3.05. The van der Waals surface area contributed by atoms with Crippen molar-refractivity contribution in [1.29, 1.82) is 0 Å². The second-order valence-electron chi connectivity index (χ2n) is 7.98. The van der Waals surface area contributed by atoms with E-state index in [1.807, 2.05) is 25.1 Å². The topological polar surface area (TPSA) is 134 Å². The lowest BCUT2D eigenvalue weighted by molar-refractivity contribution is 0.0752. The van der Waals surface area contributed by atoms with Crippen LogP contribution in [0.15, 0.2) is 70.4 Å². The molecule has 180 valence electrons. The van der Waals surface area contributed by atoms with Gasteiger partial charge in [0.1, 0.15) is 0 Å². The van der Waals surface area contributed by atoms with Crippen LogP contribution in [0.4, 0.5) is 5.69 Å². The molecule has 0 bridgehead atoms. The van der Waals surface area contributed by atoms with E-state index < -0.39 is 15.7 Å². The quantitative estimate of drug-likeness (QED) is 0.362. The van der Waals surface area contributed by atoms with E-state index in [0.717, 1.165) is 5.56 Å². The molecule has 10 nitrogen and oxygen atoms in total. The van der Waals surface area contributed by atoms with Crippen LogP contribution in [0.5, 0.6) is 11.5 Å². The van der Waals surface area contributed by atoms with E-state index in [1.54, 1.807) is 17.0 Å². The fraction of sp³-hybridized carbons (Fsp3) is 0.167. The number of anilines is 1. The number of rotatable bonds is 7. The van der Waals surface area contributed by atoms with Gasteiger partial charge in [-0.15, -0.1) is 0 Å². The molecule has 0 saturated heterocycles. The van der Waals surface area contributed by atoms with Crippen molar-refractivity contribution < 1.29 is 22.7 Å². The fourth-order valence-corrected chi connectivity index (χ4v) is 4.93. The Bertz CT molecular complexity index is 1570. The number of hydrogen-bond acceptors (Lipinski definition) is 6. The summed E-state index contributed by atoms with van der Waals surface area (Å²) >= 11 is 0. The van der Waals surface area contributed by atoms with Gasteiger partial charge in [0.25, 0.3) is 15.9 Å². The second kappa shape index (κ2) is 8.84. The van der Waals surface area contributed by atoms with Gasteiger partial charge in [-0.3, -0.25) is 9.52 Å². The van der Waals surface area contributed by atoms with Crippen molar-refractivity contribution in [2.24, 2.45) is 0 Å². The first-order valence-corrected chi connectivity index (χ1v) is 12.3. The van der Waals surface area contributed by atoms with Crippen molar-refractivity contribution in [3.05, 3.63) is 82.3 Å². The first kappa shape index (κ1) is 22.5. The minimum absolute atomic E-state index is 0.00119. The molecule has 4 aromatic rings. The molecule has 0 aliphatic carbocycles. The number of nitrogens with zero attached hydrogens (tertiary/aromatic N) is 1. The van der Waals surface area contributed by atoms with E-state index in [9.17, 15) is 18.0 Å². The summed E-state index contributed by atoms with van der Waals surface area (Å²) in [6.45, 7) is 2.96. The number of aromatic amines is 2. The molecule has 1 aliphatic rings. The van der Waals surface area contributed by atoms with Crippen LogP contribution in [-0.4, -0.2) is 42.5 Å². The Balaban J connectivity index is 1.29. The number of benzene rings is 3. The lowest BCUT2D eigenvalue weighted by Gasteiger charge is -2.21. The van der Waals surface area contributed by atoms with Gasteiger partial charge >= 0.3 is 5.69 Å². The lowest BCUT2D eigenvalue weighted by Crippen LogP contribution is -2.30. The monoisotopic (exact) mass is 494 g/mol. The van der Waals surface area contributed by atoms with Crippen molar-refractivity contribution in [2.75, 3.05) is 18.1 Å². The van der Waals surface area contributed by atoms with Crippen LogP contribution in [0.2, 0.25) is 0 Å². The Labute approximate surface area is 200 Å². The number of H-pyrrole nitrogens is 2. The first-order chi connectivity index (χ1) is 16.8. The van der Waals surface area contributed by atoms with Gasteiger partial charge in [-0.05, 0) is 67.1 Å². The zero-order valence-electron chi connectivity index (χ0n) is 18.7. The van der Waals surface area contributed by atoms with Gasteiger partial charge in [-0.2, -0.15) is 0 Å². The second-order valence-corrected chi connectivity index (χ2v) is 9.66. The van der Waals surface area contributed by atoms with Crippen molar-refractivity contribution in [3.8, 4) is 11.5 Å². The standard InChI is InChI=1S/C24H22N4O6S/c1-2-28(13-15-3-10-21-22(11-15)34-14-33-21)23(29)16-4-6-17(7-5-16)27-35(31,32)18-8-9-19-20(12-18)26-24(30)25-19/h3-12,27H,2,13-14H2,1H3,(H2,25,26,30). The average molecular weight is 495 g/mol. The molecule has 1 amide bonds. The number of carbonyl (C=O) groups excluding carboxylic acids is 1. The highest BCUT2D eigenvalue weighted by molar-refractivity contribution is 7.92. The number of hydrogen-bond donors (Lipinski definition) is 3. The predicted molar refractivity (Wildman–Crippen MR) is 129 cm³/mol. The highest BCUT2D eigenvalue weighted by Crippen LogP contribution is 2.33. The van der Waals surface area contributed by atoms with Gasteiger partial charge in [-0.25, -0.2) is 13.2 Å². The molecule has 1 aromatic heterocycles. The van der Waals surface area contributed by atoms with E-state index in [2.05, 4.69) is 14.7 Å². The first-order valence-electron chi connectivity index (χ1n) is 10.8. The lowest BCUT2D eigenvalue weighted by atomic mass is 10.1. The minimum atomic E-state index is -3.90. The number of aromatic nitrogens is 2. The Kier molecular flexibility index (Phi) is 5.69. The number of imidazole rings is 1. The third kappa shape index (κ3) is 4.58. The van der Waals surface area contributed by atoms with Gasteiger partial charge < -0.3 is 24.3 Å². The highest BCUT2D eigenvalue weighted by Gasteiger charge is 2.19. The molecule has 35 heavy (non-hydrogen) atoms. The van der Waals surface area contributed by atoms with Gasteiger partial charge in [0.05, 0.1) is 15.9 Å². The van der Waals surface area contributed by atoms with Crippen molar-refractivity contribution >= 4 is 32.7 Å². The Hall–Kier alpha value is -4.25. The molecule has 5 rings (SSSR count). The number of ether oxygens (including phenoxy) is 2. The van der Waals surface area contributed by atoms with E-state index in [-0.39, 0.29) is 17.6 Å². The summed E-state index contributed by atoms with van der Waals surface area (Å²) in [6.07, 6.45) is 0. The molecule has 3 aromatic carbocycles. The molecule has 3 N–H and O–H groups in total. The summed E-state index contributed by atoms with van der Waals surface area (Å²) in [4.78, 5) is 31.3. The normalized spacial score (nSPS) is 12.6. The molecule has 11 heteroatoms. The molecule has 0 atom stereocenters. The minimum Gasteiger partial charge on any atom is -0.454 e. The van der Waals surface area contributed by atoms with E-state index in [4.69, 9.17) is 9.47 Å². The highest BCUT2D eigenvalue weighted by atomic mass is 32.2. The smallest absolute Gasteiger partial charge is 0.323 e. The van der Waals surface area contributed by atoms with Crippen LogP contribution in [-0.2, 0) is 16.6 Å². The largest absolute Gasteiger partial charge is 0.454 e. The van der Waals surface area contributed by atoms with E-state index >= 15 is 0 Å².